The van der Waals surface area contributed by atoms with Crippen molar-refractivity contribution in [3.05, 3.63) is 67.1 Å². The first-order chi connectivity index (χ1) is 13.9. The van der Waals surface area contributed by atoms with Gasteiger partial charge in [-0.25, -0.2) is 9.67 Å². The van der Waals surface area contributed by atoms with Crippen LogP contribution in [0.25, 0.3) is 16.6 Å². The van der Waals surface area contributed by atoms with Crippen LogP contribution in [0.4, 0.5) is 17.3 Å². The number of pyridine rings is 2. The summed E-state index contributed by atoms with van der Waals surface area (Å²) in [6.45, 7) is 3.95. The minimum atomic E-state index is 0.769. The average Bonchev–Trinajstić information content (AvgIpc) is 3.14. The molecule has 7 nitrogen and oxygen atoms in total. The average molecular weight is 371 g/mol. The van der Waals surface area contributed by atoms with Crippen LogP contribution in [0.15, 0.2) is 67.1 Å². The van der Waals surface area contributed by atoms with E-state index in [0.717, 1.165) is 60.1 Å². The molecule has 0 unspecified atom stereocenters. The van der Waals surface area contributed by atoms with Gasteiger partial charge in [-0.05, 0) is 30.3 Å². The number of nitrogens with zero attached hydrogens (tertiary/aromatic N) is 5. The standard InChI is InChI=1S/C21H21N7/c1-2-6-19-18(5-1)21(25-20-7-3-4-8-24-20)26-28(19)17-13-16(14-23-15-17)27-11-9-22-10-12-27/h1-8,13-15,22H,9-12H2,(H,24,25,26). The molecular formula is C21H21N7. The van der Waals surface area contributed by atoms with Crippen LogP contribution in [0, 0.1) is 0 Å². The summed E-state index contributed by atoms with van der Waals surface area (Å²) in [5.41, 5.74) is 3.10. The highest BCUT2D eigenvalue weighted by atomic mass is 15.3. The Kier molecular flexibility index (Phi) is 4.34. The summed E-state index contributed by atoms with van der Waals surface area (Å²) in [6, 6.07) is 16.1. The van der Waals surface area contributed by atoms with Gasteiger partial charge in [0.2, 0.25) is 0 Å². The number of benzene rings is 1. The zero-order valence-electron chi connectivity index (χ0n) is 15.4. The second-order valence-corrected chi connectivity index (χ2v) is 6.76. The second kappa shape index (κ2) is 7.28. The van der Waals surface area contributed by atoms with Crippen LogP contribution >= 0.6 is 0 Å². The van der Waals surface area contributed by atoms with Crippen molar-refractivity contribution in [3.8, 4) is 5.69 Å². The van der Waals surface area contributed by atoms with Crippen LogP contribution in [0.2, 0.25) is 0 Å². The molecule has 4 aromatic rings. The van der Waals surface area contributed by atoms with Gasteiger partial charge in [0.05, 0.1) is 29.3 Å². The Bertz CT molecular complexity index is 1080. The summed E-state index contributed by atoms with van der Waals surface area (Å²) in [4.78, 5) is 11.2. The fourth-order valence-corrected chi connectivity index (χ4v) is 3.54. The smallest absolute Gasteiger partial charge is 0.161 e. The predicted molar refractivity (Wildman–Crippen MR) is 111 cm³/mol. The SMILES string of the molecule is c1ccc(Nc2nn(-c3cncc(N4CCNCC4)c3)c3ccccc23)nc1. The maximum atomic E-state index is 4.84. The largest absolute Gasteiger partial charge is 0.368 e. The van der Waals surface area contributed by atoms with E-state index in [1.807, 2.05) is 47.4 Å². The number of hydrogen-bond acceptors (Lipinski definition) is 6. The quantitative estimate of drug-likeness (QED) is 0.575. The molecule has 5 rings (SSSR count). The molecule has 0 aliphatic carbocycles. The van der Waals surface area contributed by atoms with Gasteiger partial charge in [0, 0.05) is 37.8 Å². The van der Waals surface area contributed by atoms with Gasteiger partial charge in [-0.3, -0.25) is 4.98 Å². The number of fused-ring (bicyclic) bond motifs is 1. The third kappa shape index (κ3) is 3.16. The van der Waals surface area contributed by atoms with Crippen LogP contribution in [0.5, 0.6) is 0 Å². The fourth-order valence-electron chi connectivity index (χ4n) is 3.54. The number of piperazine rings is 1. The molecule has 3 aromatic heterocycles. The van der Waals surface area contributed by atoms with Crippen LogP contribution in [0.3, 0.4) is 0 Å². The van der Waals surface area contributed by atoms with Crippen molar-refractivity contribution in [2.75, 3.05) is 36.4 Å². The molecule has 1 saturated heterocycles. The fraction of sp³-hybridized carbons (Fsp3) is 0.190. The van der Waals surface area contributed by atoms with E-state index in [4.69, 9.17) is 5.10 Å². The molecular weight excluding hydrogens is 350 g/mol. The maximum Gasteiger partial charge on any atom is 0.161 e. The molecule has 0 bridgehead atoms. The lowest BCUT2D eigenvalue weighted by atomic mass is 10.2. The molecule has 4 heterocycles. The summed E-state index contributed by atoms with van der Waals surface area (Å²) < 4.78 is 1.94. The van der Waals surface area contributed by atoms with Gasteiger partial charge in [0.1, 0.15) is 5.82 Å². The minimum Gasteiger partial charge on any atom is -0.368 e. The first-order valence-corrected chi connectivity index (χ1v) is 9.45. The molecule has 0 saturated carbocycles. The molecule has 1 aliphatic heterocycles. The van der Waals surface area contributed by atoms with Gasteiger partial charge in [0.25, 0.3) is 0 Å². The van der Waals surface area contributed by atoms with E-state index >= 15 is 0 Å². The minimum absolute atomic E-state index is 0.769. The predicted octanol–water partition coefficient (Wildman–Crippen LogP) is 2.97. The maximum absolute atomic E-state index is 4.84. The Balaban J connectivity index is 1.56. The van der Waals surface area contributed by atoms with E-state index in [0.29, 0.717) is 0 Å². The third-order valence-corrected chi connectivity index (χ3v) is 4.93. The highest BCUT2D eigenvalue weighted by Gasteiger charge is 2.15. The molecule has 1 aromatic carbocycles. The van der Waals surface area contributed by atoms with E-state index in [1.54, 1.807) is 6.20 Å². The van der Waals surface area contributed by atoms with Gasteiger partial charge in [0.15, 0.2) is 5.82 Å². The van der Waals surface area contributed by atoms with Gasteiger partial charge in [-0.1, -0.05) is 18.2 Å². The highest BCUT2D eigenvalue weighted by molar-refractivity contribution is 5.92. The van der Waals surface area contributed by atoms with E-state index in [1.165, 1.54) is 0 Å². The Morgan fingerprint density at radius 1 is 0.929 bits per heavy atom. The number of nitrogens with one attached hydrogen (secondary N) is 2. The molecule has 1 aliphatic rings. The zero-order chi connectivity index (χ0) is 18.8. The Hall–Kier alpha value is -3.45. The van der Waals surface area contributed by atoms with E-state index < -0.39 is 0 Å². The van der Waals surface area contributed by atoms with Crippen LogP contribution < -0.4 is 15.5 Å². The first kappa shape index (κ1) is 16.7. The monoisotopic (exact) mass is 371 g/mol. The van der Waals surface area contributed by atoms with Crippen LogP contribution in [0.1, 0.15) is 0 Å². The lowest BCUT2D eigenvalue weighted by Crippen LogP contribution is -2.43. The lowest BCUT2D eigenvalue weighted by Gasteiger charge is -2.29. The molecule has 0 spiro atoms. The third-order valence-electron chi connectivity index (χ3n) is 4.93. The first-order valence-electron chi connectivity index (χ1n) is 9.45. The van der Waals surface area contributed by atoms with Gasteiger partial charge in [-0.15, -0.1) is 5.10 Å². The Morgan fingerprint density at radius 3 is 2.61 bits per heavy atom. The van der Waals surface area contributed by atoms with E-state index in [9.17, 15) is 0 Å². The van der Waals surface area contributed by atoms with E-state index in [2.05, 4.69) is 43.7 Å². The number of aromatic nitrogens is 4. The molecule has 0 amide bonds. The summed E-state index contributed by atoms with van der Waals surface area (Å²) in [6.07, 6.45) is 5.55. The number of para-hydroxylation sites is 1. The number of anilines is 3. The van der Waals surface area contributed by atoms with Crippen LogP contribution in [-0.4, -0.2) is 45.9 Å². The van der Waals surface area contributed by atoms with Crippen molar-refractivity contribution in [3.63, 3.8) is 0 Å². The topological polar surface area (TPSA) is 70.9 Å². The van der Waals surface area contributed by atoms with Crippen LogP contribution in [-0.2, 0) is 0 Å². The normalized spacial score (nSPS) is 14.4. The van der Waals surface area contributed by atoms with Crippen molar-refractivity contribution < 1.29 is 0 Å². The molecule has 28 heavy (non-hydrogen) atoms. The van der Waals surface area contributed by atoms with Gasteiger partial charge < -0.3 is 15.5 Å². The second-order valence-electron chi connectivity index (χ2n) is 6.76. The molecule has 140 valence electrons. The summed E-state index contributed by atoms with van der Waals surface area (Å²) >= 11 is 0. The summed E-state index contributed by atoms with van der Waals surface area (Å²) in [5.74, 6) is 1.55. The highest BCUT2D eigenvalue weighted by Crippen LogP contribution is 2.28. The van der Waals surface area contributed by atoms with Gasteiger partial charge >= 0.3 is 0 Å². The Labute approximate surface area is 163 Å². The molecule has 7 heteroatoms. The zero-order valence-corrected chi connectivity index (χ0v) is 15.4. The van der Waals surface area contributed by atoms with Crippen molar-refractivity contribution >= 4 is 28.2 Å². The van der Waals surface area contributed by atoms with E-state index in [-0.39, 0.29) is 0 Å². The molecule has 2 N–H and O–H groups in total. The van der Waals surface area contributed by atoms with Crippen molar-refractivity contribution in [1.82, 2.24) is 25.1 Å². The van der Waals surface area contributed by atoms with Crippen molar-refractivity contribution in [2.45, 2.75) is 0 Å². The van der Waals surface area contributed by atoms with Crippen molar-refractivity contribution in [2.24, 2.45) is 0 Å². The lowest BCUT2D eigenvalue weighted by molar-refractivity contribution is 0.588. The Morgan fingerprint density at radius 2 is 1.75 bits per heavy atom. The molecule has 0 radical (unpaired) electrons. The molecule has 1 fully saturated rings. The molecule has 0 atom stereocenters. The van der Waals surface area contributed by atoms with Gasteiger partial charge in [-0.2, -0.15) is 0 Å². The number of rotatable bonds is 4. The summed E-state index contributed by atoms with van der Waals surface area (Å²) in [5, 5.41) is 12.6. The summed E-state index contributed by atoms with van der Waals surface area (Å²) in [7, 11) is 0. The number of hydrogen-bond donors (Lipinski definition) is 2. The van der Waals surface area contributed by atoms with Crippen molar-refractivity contribution in [1.29, 1.82) is 0 Å².